The third kappa shape index (κ3) is 3.08. The lowest BCUT2D eigenvalue weighted by Gasteiger charge is -2.31. The van der Waals surface area contributed by atoms with Crippen LogP contribution in [0.25, 0.3) is 10.2 Å². The molecule has 0 N–H and O–H groups in total. The zero-order valence-corrected chi connectivity index (χ0v) is 16.4. The Morgan fingerprint density at radius 2 is 1.74 bits per heavy atom. The van der Waals surface area contributed by atoms with Crippen molar-refractivity contribution in [1.29, 1.82) is 0 Å². The molecule has 0 spiro atoms. The minimum atomic E-state index is -0.737. The maximum atomic E-state index is 13.0. The van der Waals surface area contributed by atoms with Gasteiger partial charge in [0.1, 0.15) is 12.2 Å². The first kappa shape index (κ1) is 17.6. The Hall–Kier alpha value is -2.78. The van der Waals surface area contributed by atoms with Crippen molar-refractivity contribution in [3.05, 3.63) is 46.9 Å². The Balaban J connectivity index is 1.74. The van der Waals surface area contributed by atoms with E-state index in [9.17, 15) is 14.4 Å². The number of halogens is 1. The van der Waals surface area contributed by atoms with Crippen LogP contribution in [0.15, 0.2) is 46.9 Å². The maximum absolute atomic E-state index is 13.0. The lowest BCUT2D eigenvalue weighted by molar-refractivity contribution is -0.126. The van der Waals surface area contributed by atoms with Gasteiger partial charge in [-0.2, -0.15) is 0 Å². The Morgan fingerprint density at radius 3 is 2.44 bits per heavy atom. The van der Waals surface area contributed by atoms with E-state index in [-0.39, 0.29) is 5.13 Å². The summed E-state index contributed by atoms with van der Waals surface area (Å²) in [5.74, 6) is -0.566. The highest BCUT2D eigenvalue weighted by Crippen LogP contribution is 2.34. The van der Waals surface area contributed by atoms with E-state index in [1.165, 1.54) is 18.4 Å². The van der Waals surface area contributed by atoms with Gasteiger partial charge in [-0.25, -0.2) is 19.6 Å². The summed E-state index contributed by atoms with van der Waals surface area (Å²) >= 11 is 4.60. The summed E-state index contributed by atoms with van der Waals surface area (Å²) in [6.45, 7) is 0. The van der Waals surface area contributed by atoms with E-state index >= 15 is 0 Å². The molecule has 4 amide bonds. The van der Waals surface area contributed by atoms with E-state index in [0.29, 0.717) is 17.0 Å². The van der Waals surface area contributed by atoms with Gasteiger partial charge in [0.2, 0.25) is 16.9 Å². The van der Waals surface area contributed by atoms with Crippen LogP contribution in [0.3, 0.4) is 0 Å². The number of urea groups is 1. The molecular formula is C18H12BrN3O4S. The number of amides is 4. The van der Waals surface area contributed by atoms with Crippen molar-refractivity contribution >= 4 is 66.1 Å². The van der Waals surface area contributed by atoms with Crippen LogP contribution in [-0.2, 0) is 9.59 Å². The third-order valence-electron chi connectivity index (χ3n) is 4.04. The first-order chi connectivity index (χ1) is 13.0. The van der Waals surface area contributed by atoms with Gasteiger partial charge in [0.15, 0.2) is 0 Å². The zero-order chi connectivity index (χ0) is 19.1. The molecular weight excluding hydrogens is 434 g/mol. The largest absolute Gasteiger partial charge is 0.497 e. The molecule has 1 fully saturated rings. The third-order valence-corrected chi connectivity index (χ3v) is 5.54. The molecule has 7 nitrogen and oxygen atoms in total. The lowest BCUT2D eigenvalue weighted by atomic mass is 10.2. The van der Waals surface area contributed by atoms with Crippen LogP contribution >= 0.6 is 27.3 Å². The topological polar surface area (TPSA) is 79.8 Å². The molecule has 0 unspecified atom stereocenters. The highest BCUT2D eigenvalue weighted by atomic mass is 79.9. The molecule has 2 aromatic carbocycles. The van der Waals surface area contributed by atoms with E-state index in [0.717, 1.165) is 19.0 Å². The monoisotopic (exact) mass is 445 g/mol. The standard InChI is InChI=1S/C18H12BrN3O4S/c1-26-12-5-3-11(4-6-12)21-15(23)9-16(24)22(18(21)25)17-20-13-7-2-10(19)8-14(13)27-17/h2-8H,9H2,1H3. The number of nitrogens with zero attached hydrogens (tertiary/aromatic N) is 3. The van der Waals surface area contributed by atoms with Crippen LogP contribution in [0.5, 0.6) is 5.75 Å². The molecule has 0 radical (unpaired) electrons. The number of carbonyl (C=O) groups excluding carboxylic acids is 3. The van der Waals surface area contributed by atoms with E-state index in [4.69, 9.17) is 4.74 Å². The number of imide groups is 2. The summed E-state index contributed by atoms with van der Waals surface area (Å²) in [6.07, 6.45) is -0.405. The van der Waals surface area contributed by atoms with Gasteiger partial charge in [0, 0.05) is 4.47 Å². The van der Waals surface area contributed by atoms with Crippen LogP contribution < -0.4 is 14.5 Å². The first-order valence-electron chi connectivity index (χ1n) is 7.88. The van der Waals surface area contributed by atoms with Crippen molar-refractivity contribution in [3.8, 4) is 5.75 Å². The van der Waals surface area contributed by atoms with E-state index in [2.05, 4.69) is 20.9 Å². The zero-order valence-electron chi connectivity index (χ0n) is 14.0. The highest BCUT2D eigenvalue weighted by Gasteiger charge is 2.41. The van der Waals surface area contributed by atoms with E-state index in [1.54, 1.807) is 30.3 Å². The number of barbiturate groups is 1. The van der Waals surface area contributed by atoms with Crippen molar-refractivity contribution in [2.45, 2.75) is 6.42 Å². The fourth-order valence-electron chi connectivity index (χ4n) is 2.76. The van der Waals surface area contributed by atoms with Crippen molar-refractivity contribution in [2.75, 3.05) is 16.9 Å². The Kier molecular flexibility index (Phi) is 4.40. The molecule has 4 rings (SSSR count). The van der Waals surface area contributed by atoms with Gasteiger partial charge in [0.25, 0.3) is 0 Å². The number of anilines is 2. The van der Waals surface area contributed by atoms with Crippen LogP contribution in [-0.4, -0.2) is 29.9 Å². The fourth-order valence-corrected chi connectivity index (χ4v) is 4.29. The number of fused-ring (bicyclic) bond motifs is 1. The number of methoxy groups -OCH3 is 1. The van der Waals surface area contributed by atoms with Gasteiger partial charge in [-0.1, -0.05) is 27.3 Å². The molecule has 0 bridgehead atoms. The van der Waals surface area contributed by atoms with Crippen molar-refractivity contribution < 1.29 is 19.1 Å². The predicted octanol–water partition coefficient (Wildman–Crippen LogP) is 3.96. The summed E-state index contributed by atoms with van der Waals surface area (Å²) < 4.78 is 6.79. The molecule has 0 saturated carbocycles. The summed E-state index contributed by atoms with van der Waals surface area (Å²) in [5.41, 5.74) is 1.04. The molecule has 136 valence electrons. The van der Waals surface area contributed by atoms with Crippen LogP contribution in [0.1, 0.15) is 6.42 Å². The Bertz CT molecular complexity index is 1080. The molecule has 9 heteroatoms. The molecule has 1 aliphatic heterocycles. The number of aromatic nitrogens is 1. The minimum Gasteiger partial charge on any atom is -0.497 e. The maximum Gasteiger partial charge on any atom is 0.344 e. The Morgan fingerprint density at radius 1 is 1.04 bits per heavy atom. The number of thiazole rings is 1. The number of carbonyl (C=O) groups is 3. The molecule has 1 aliphatic rings. The normalized spacial score (nSPS) is 15.0. The first-order valence-corrected chi connectivity index (χ1v) is 9.49. The number of benzene rings is 2. The molecule has 3 aromatic rings. The van der Waals surface area contributed by atoms with Crippen LogP contribution in [0.2, 0.25) is 0 Å². The van der Waals surface area contributed by atoms with Gasteiger partial charge in [0.05, 0.1) is 23.0 Å². The average molecular weight is 446 g/mol. The molecule has 0 atom stereocenters. The van der Waals surface area contributed by atoms with Gasteiger partial charge in [-0.3, -0.25) is 9.59 Å². The van der Waals surface area contributed by atoms with Crippen LogP contribution in [0, 0.1) is 0 Å². The number of rotatable bonds is 3. The quantitative estimate of drug-likeness (QED) is 0.570. The van der Waals surface area contributed by atoms with E-state index in [1.807, 2.05) is 12.1 Å². The molecule has 1 aromatic heterocycles. The molecule has 0 aliphatic carbocycles. The van der Waals surface area contributed by atoms with Gasteiger partial charge >= 0.3 is 6.03 Å². The second-order valence-electron chi connectivity index (χ2n) is 5.72. The van der Waals surface area contributed by atoms with Crippen LogP contribution in [0.4, 0.5) is 15.6 Å². The summed E-state index contributed by atoms with van der Waals surface area (Å²) in [4.78, 5) is 44.1. The fraction of sp³-hybridized carbons (Fsp3) is 0.111. The van der Waals surface area contributed by atoms with Crippen molar-refractivity contribution in [3.63, 3.8) is 0 Å². The molecule has 1 saturated heterocycles. The van der Waals surface area contributed by atoms with E-state index < -0.39 is 24.3 Å². The van der Waals surface area contributed by atoms with Gasteiger partial charge in [-0.15, -0.1) is 0 Å². The number of hydrogen-bond acceptors (Lipinski definition) is 6. The van der Waals surface area contributed by atoms with Gasteiger partial charge in [-0.05, 0) is 42.5 Å². The molecule has 27 heavy (non-hydrogen) atoms. The SMILES string of the molecule is COc1ccc(N2C(=O)CC(=O)N(c3nc4ccc(Br)cc4s3)C2=O)cc1. The summed E-state index contributed by atoms with van der Waals surface area (Å²) in [6, 6.07) is 11.2. The second-order valence-corrected chi connectivity index (χ2v) is 7.65. The summed E-state index contributed by atoms with van der Waals surface area (Å²) in [5, 5.41) is 0.240. The highest BCUT2D eigenvalue weighted by molar-refractivity contribution is 9.10. The predicted molar refractivity (Wildman–Crippen MR) is 105 cm³/mol. The molecule has 2 heterocycles. The lowest BCUT2D eigenvalue weighted by Crippen LogP contribution is -2.55. The Labute approximate surface area is 166 Å². The van der Waals surface area contributed by atoms with Gasteiger partial charge < -0.3 is 4.74 Å². The van der Waals surface area contributed by atoms with Crippen molar-refractivity contribution in [2.24, 2.45) is 0 Å². The number of ether oxygens (including phenoxy) is 1. The smallest absolute Gasteiger partial charge is 0.344 e. The second kappa shape index (κ2) is 6.75. The summed E-state index contributed by atoms with van der Waals surface area (Å²) in [7, 11) is 1.53. The number of hydrogen-bond donors (Lipinski definition) is 0. The minimum absolute atomic E-state index is 0.240. The van der Waals surface area contributed by atoms with Crippen molar-refractivity contribution in [1.82, 2.24) is 4.98 Å². The average Bonchev–Trinajstić information content (AvgIpc) is 3.04.